The lowest BCUT2D eigenvalue weighted by Gasteiger charge is -2.16. The smallest absolute Gasteiger partial charge is 0.101 e. The van der Waals surface area contributed by atoms with Crippen LogP contribution in [0.15, 0.2) is 0 Å². The van der Waals surface area contributed by atoms with Crippen molar-refractivity contribution in [1.82, 2.24) is 0 Å². The molecular formula is C11H12Cl4. The molecule has 0 amide bonds. The first-order valence-electron chi connectivity index (χ1n) is 5.67. The van der Waals surface area contributed by atoms with Crippen LogP contribution in [0.1, 0.15) is 32.1 Å². The molecule has 4 fully saturated rings. The summed E-state index contributed by atoms with van der Waals surface area (Å²) >= 11 is 25.7. The van der Waals surface area contributed by atoms with Crippen LogP contribution in [0.3, 0.4) is 0 Å². The number of rotatable bonds is 2. The summed E-state index contributed by atoms with van der Waals surface area (Å²) in [5, 5.41) is 0. The van der Waals surface area contributed by atoms with Gasteiger partial charge in [-0.2, -0.15) is 0 Å². The summed E-state index contributed by atoms with van der Waals surface area (Å²) < 4.78 is -1.30. The predicted octanol–water partition coefficient (Wildman–Crippen LogP) is 4.54. The van der Waals surface area contributed by atoms with E-state index >= 15 is 0 Å². The highest BCUT2D eigenvalue weighted by Crippen LogP contribution is 3.01. The van der Waals surface area contributed by atoms with Gasteiger partial charge in [0.25, 0.3) is 0 Å². The number of alkyl halides is 4. The second-order valence-electron chi connectivity index (χ2n) is 5.78. The van der Waals surface area contributed by atoms with Gasteiger partial charge < -0.3 is 0 Å². The molecule has 4 saturated carbocycles. The van der Waals surface area contributed by atoms with Crippen LogP contribution in [0.5, 0.6) is 0 Å². The maximum absolute atomic E-state index is 6.57. The molecule has 0 aromatic heterocycles. The molecule has 0 heterocycles. The van der Waals surface area contributed by atoms with E-state index in [1.165, 1.54) is 25.7 Å². The Labute approximate surface area is 110 Å². The van der Waals surface area contributed by atoms with Crippen LogP contribution < -0.4 is 0 Å². The summed E-state index contributed by atoms with van der Waals surface area (Å²) in [4.78, 5) is 0. The van der Waals surface area contributed by atoms with Crippen molar-refractivity contribution < 1.29 is 0 Å². The second-order valence-corrected chi connectivity index (χ2v) is 8.59. The summed E-state index contributed by atoms with van der Waals surface area (Å²) in [6, 6.07) is 0. The minimum Gasteiger partial charge on any atom is -0.101 e. The average Bonchev–Trinajstić information content (AvgIpc) is 2.88. The first-order chi connectivity index (χ1) is 6.92. The quantitative estimate of drug-likeness (QED) is 0.653. The summed E-state index contributed by atoms with van der Waals surface area (Å²) in [5.41, 5.74) is -0.0891. The van der Waals surface area contributed by atoms with E-state index in [4.69, 9.17) is 46.4 Å². The zero-order valence-corrected chi connectivity index (χ0v) is 11.2. The molecule has 0 N–H and O–H groups in total. The molecule has 1 spiro atoms. The van der Waals surface area contributed by atoms with Gasteiger partial charge in [0.15, 0.2) is 0 Å². The fraction of sp³-hybridized carbons (Fsp3) is 1.00. The molecule has 0 bridgehead atoms. The predicted molar refractivity (Wildman–Crippen MR) is 63.8 cm³/mol. The fourth-order valence-corrected chi connectivity index (χ4v) is 7.10. The zero-order chi connectivity index (χ0) is 10.7. The van der Waals surface area contributed by atoms with Crippen LogP contribution in [0.4, 0.5) is 0 Å². The Balaban J connectivity index is 1.83. The van der Waals surface area contributed by atoms with Gasteiger partial charge in [-0.1, -0.05) is 0 Å². The van der Waals surface area contributed by atoms with Crippen molar-refractivity contribution in [2.45, 2.75) is 40.8 Å². The average molecular weight is 286 g/mol. The normalized spacial score (nSPS) is 48.0. The number of hydrogen-bond donors (Lipinski definition) is 0. The van der Waals surface area contributed by atoms with Crippen LogP contribution in [0.2, 0.25) is 0 Å². The summed E-state index contributed by atoms with van der Waals surface area (Å²) in [5.74, 6) is 1.39. The molecule has 4 rings (SSSR count). The van der Waals surface area contributed by atoms with Crippen LogP contribution >= 0.6 is 46.4 Å². The molecule has 4 aliphatic rings. The standard InChI is InChI=1S/C11H12Cl4/c12-9(13)5-8(9)10(6-1-2-6,7-3-4-7)11(8,14)15/h6-7H,1-5H2. The van der Waals surface area contributed by atoms with Crippen LogP contribution in [-0.2, 0) is 0 Å². The Morgan fingerprint density at radius 2 is 1.20 bits per heavy atom. The van der Waals surface area contributed by atoms with E-state index in [0.717, 1.165) is 6.42 Å². The van der Waals surface area contributed by atoms with E-state index in [1.54, 1.807) is 0 Å². The van der Waals surface area contributed by atoms with Crippen molar-refractivity contribution in [1.29, 1.82) is 0 Å². The molecule has 0 aromatic carbocycles. The maximum atomic E-state index is 6.57. The van der Waals surface area contributed by atoms with Gasteiger partial charge in [-0.3, -0.25) is 0 Å². The Morgan fingerprint density at radius 1 is 0.800 bits per heavy atom. The fourth-order valence-electron chi connectivity index (χ4n) is 4.29. The van der Waals surface area contributed by atoms with E-state index in [9.17, 15) is 0 Å². The van der Waals surface area contributed by atoms with Gasteiger partial charge in [0.2, 0.25) is 0 Å². The summed E-state index contributed by atoms with van der Waals surface area (Å²) in [7, 11) is 0. The van der Waals surface area contributed by atoms with Gasteiger partial charge in [0.1, 0.15) is 8.67 Å². The number of halogens is 4. The highest BCUT2D eigenvalue weighted by Gasteiger charge is 3.04. The van der Waals surface area contributed by atoms with Gasteiger partial charge in [0, 0.05) is 10.8 Å². The molecule has 0 aromatic rings. The van der Waals surface area contributed by atoms with E-state index in [-0.39, 0.29) is 10.8 Å². The molecule has 0 saturated heterocycles. The zero-order valence-electron chi connectivity index (χ0n) is 8.20. The van der Waals surface area contributed by atoms with Crippen molar-refractivity contribution in [2.24, 2.45) is 22.7 Å². The van der Waals surface area contributed by atoms with Crippen molar-refractivity contribution in [2.75, 3.05) is 0 Å². The van der Waals surface area contributed by atoms with Crippen molar-refractivity contribution >= 4 is 46.4 Å². The molecule has 15 heavy (non-hydrogen) atoms. The van der Waals surface area contributed by atoms with E-state index in [2.05, 4.69) is 0 Å². The lowest BCUT2D eigenvalue weighted by atomic mass is 9.90. The van der Waals surface area contributed by atoms with E-state index in [0.29, 0.717) is 11.8 Å². The van der Waals surface area contributed by atoms with Crippen LogP contribution in [-0.4, -0.2) is 8.67 Å². The van der Waals surface area contributed by atoms with E-state index in [1.807, 2.05) is 0 Å². The van der Waals surface area contributed by atoms with Crippen LogP contribution in [0.25, 0.3) is 0 Å². The monoisotopic (exact) mass is 284 g/mol. The highest BCUT2D eigenvalue weighted by atomic mass is 35.5. The topological polar surface area (TPSA) is 0 Å². The molecule has 0 aliphatic heterocycles. The largest absolute Gasteiger partial charge is 0.134 e. The van der Waals surface area contributed by atoms with E-state index < -0.39 is 8.67 Å². The first kappa shape index (κ1) is 10.1. The lowest BCUT2D eigenvalue weighted by Crippen LogP contribution is -2.16. The summed E-state index contributed by atoms with van der Waals surface area (Å²) in [6.07, 6.45) is 5.86. The van der Waals surface area contributed by atoms with Gasteiger partial charge in [-0.25, -0.2) is 0 Å². The second kappa shape index (κ2) is 2.32. The highest BCUT2D eigenvalue weighted by molar-refractivity contribution is 6.59. The lowest BCUT2D eigenvalue weighted by molar-refractivity contribution is 0.326. The third-order valence-corrected chi connectivity index (χ3v) is 7.31. The van der Waals surface area contributed by atoms with Gasteiger partial charge in [-0.05, 0) is 43.9 Å². The Bertz CT molecular complexity index is 342. The minimum absolute atomic E-state index is 0.0760. The van der Waals surface area contributed by atoms with Crippen LogP contribution in [0, 0.1) is 22.7 Å². The molecule has 4 aliphatic carbocycles. The molecule has 0 nitrogen and oxygen atoms in total. The molecular weight excluding hydrogens is 274 g/mol. The Hall–Kier alpha value is 1.16. The SMILES string of the molecule is ClC1(Cl)CC12C(Cl)(Cl)C2(C1CC1)C1CC1. The Morgan fingerprint density at radius 3 is 1.40 bits per heavy atom. The third-order valence-electron chi connectivity index (χ3n) is 5.13. The number of hydrogen-bond acceptors (Lipinski definition) is 0. The molecule has 1 unspecified atom stereocenters. The molecule has 1 atom stereocenters. The molecule has 0 radical (unpaired) electrons. The summed E-state index contributed by atoms with van der Waals surface area (Å²) in [6.45, 7) is 0. The van der Waals surface area contributed by atoms with Gasteiger partial charge >= 0.3 is 0 Å². The van der Waals surface area contributed by atoms with Crippen molar-refractivity contribution in [3.05, 3.63) is 0 Å². The molecule has 84 valence electrons. The maximum Gasteiger partial charge on any atom is 0.134 e. The van der Waals surface area contributed by atoms with Crippen molar-refractivity contribution in [3.8, 4) is 0 Å². The minimum atomic E-state index is -0.651. The van der Waals surface area contributed by atoms with Crippen molar-refractivity contribution in [3.63, 3.8) is 0 Å². The third kappa shape index (κ3) is 0.804. The Kier molecular flexibility index (Phi) is 1.57. The molecule has 4 heteroatoms. The van der Waals surface area contributed by atoms with Gasteiger partial charge in [0.05, 0.1) is 0 Å². The first-order valence-corrected chi connectivity index (χ1v) is 7.19. The van der Waals surface area contributed by atoms with Gasteiger partial charge in [-0.15, -0.1) is 46.4 Å².